The first-order chi connectivity index (χ1) is 4.34. The first kappa shape index (κ1) is 6.59. The third-order valence-electron chi connectivity index (χ3n) is 2.11. The summed E-state index contributed by atoms with van der Waals surface area (Å²) in [6.07, 6.45) is 5.38. The molecule has 2 unspecified atom stereocenters. The maximum atomic E-state index is 9.87. The van der Waals surface area contributed by atoms with Gasteiger partial charge < -0.3 is 5.32 Å². The van der Waals surface area contributed by atoms with Crippen LogP contribution in [0.25, 0.3) is 0 Å². The van der Waals surface area contributed by atoms with Crippen LogP contribution in [-0.2, 0) is 4.79 Å². The lowest BCUT2D eigenvalue weighted by Crippen LogP contribution is -2.29. The molecule has 1 N–H and O–H groups in total. The first-order valence-corrected chi connectivity index (χ1v) is 3.47. The minimum atomic E-state index is 0.405. The Labute approximate surface area is 55.6 Å². The number of amides is 1. The van der Waals surface area contributed by atoms with Gasteiger partial charge in [-0.1, -0.05) is 13.3 Å². The Bertz CT molecular complexity index is 103. The minimum Gasteiger partial charge on any atom is -0.345 e. The predicted octanol–water partition coefficient (Wildman–Crippen LogP) is 0.832. The van der Waals surface area contributed by atoms with Gasteiger partial charge in [0.2, 0.25) is 0 Å². The number of nitrogens with one attached hydrogen (secondary N) is 1. The van der Waals surface area contributed by atoms with Gasteiger partial charge in [0.1, 0.15) is 0 Å². The summed E-state index contributed by atoms with van der Waals surface area (Å²) in [6.45, 7) is 2.17. The van der Waals surface area contributed by atoms with E-state index >= 15 is 0 Å². The molecule has 1 radical (unpaired) electrons. The van der Waals surface area contributed by atoms with Crippen molar-refractivity contribution >= 4 is 6.41 Å². The van der Waals surface area contributed by atoms with E-state index in [1.807, 2.05) is 0 Å². The second kappa shape index (κ2) is 2.85. The molecule has 0 heterocycles. The second-order valence-corrected chi connectivity index (χ2v) is 2.76. The predicted molar refractivity (Wildman–Crippen MR) is 35.6 cm³/mol. The molecule has 2 nitrogen and oxygen atoms in total. The smallest absolute Gasteiger partial charge is 0.309 e. The molecule has 0 saturated heterocycles. The largest absolute Gasteiger partial charge is 0.345 e. The molecule has 2 atom stereocenters. The lowest BCUT2D eigenvalue weighted by atomic mass is 10.1. The molecule has 9 heavy (non-hydrogen) atoms. The highest BCUT2D eigenvalue weighted by atomic mass is 16.1. The number of hydrogen-bond donors (Lipinski definition) is 1. The average molecular weight is 126 g/mol. The molecule has 0 aromatic rings. The highest BCUT2D eigenvalue weighted by molar-refractivity contribution is 5.47. The van der Waals surface area contributed by atoms with E-state index in [2.05, 4.69) is 12.2 Å². The van der Waals surface area contributed by atoms with Crippen LogP contribution in [-0.4, -0.2) is 12.5 Å². The van der Waals surface area contributed by atoms with Crippen molar-refractivity contribution in [1.82, 2.24) is 5.32 Å². The number of hydrogen-bond acceptors (Lipinski definition) is 1. The lowest BCUT2D eigenvalue weighted by molar-refractivity contribution is 0.460. The summed E-state index contributed by atoms with van der Waals surface area (Å²) in [4.78, 5) is 9.87. The van der Waals surface area contributed by atoms with Crippen LogP contribution in [0.1, 0.15) is 26.2 Å². The van der Waals surface area contributed by atoms with Gasteiger partial charge in [-0.3, -0.25) is 4.79 Å². The Morgan fingerprint density at radius 2 is 2.33 bits per heavy atom. The van der Waals surface area contributed by atoms with Crippen LogP contribution in [0.4, 0.5) is 0 Å². The van der Waals surface area contributed by atoms with Crippen molar-refractivity contribution in [2.45, 2.75) is 32.2 Å². The third kappa shape index (κ3) is 1.44. The molecule has 1 fully saturated rings. The van der Waals surface area contributed by atoms with Gasteiger partial charge in [0.25, 0.3) is 0 Å². The van der Waals surface area contributed by atoms with E-state index in [-0.39, 0.29) is 0 Å². The minimum absolute atomic E-state index is 0.405. The van der Waals surface area contributed by atoms with Gasteiger partial charge in [-0.15, -0.1) is 0 Å². The second-order valence-electron chi connectivity index (χ2n) is 2.76. The molecular weight excluding hydrogens is 114 g/mol. The molecule has 0 aliphatic heterocycles. The molecule has 1 aliphatic rings. The molecule has 0 bridgehead atoms. The lowest BCUT2D eigenvalue weighted by Gasteiger charge is -2.11. The van der Waals surface area contributed by atoms with E-state index in [0.717, 1.165) is 6.42 Å². The Morgan fingerprint density at radius 1 is 1.56 bits per heavy atom. The van der Waals surface area contributed by atoms with Crippen molar-refractivity contribution in [1.29, 1.82) is 0 Å². The fourth-order valence-electron chi connectivity index (χ4n) is 1.44. The zero-order valence-electron chi connectivity index (χ0n) is 5.68. The maximum Gasteiger partial charge on any atom is 0.309 e. The van der Waals surface area contributed by atoms with Gasteiger partial charge in [-0.25, -0.2) is 0 Å². The third-order valence-corrected chi connectivity index (χ3v) is 2.11. The average Bonchev–Trinajstić information content (AvgIpc) is 2.18. The van der Waals surface area contributed by atoms with E-state index in [9.17, 15) is 4.79 Å². The molecule has 51 valence electrons. The highest BCUT2D eigenvalue weighted by Gasteiger charge is 2.22. The summed E-state index contributed by atoms with van der Waals surface area (Å²) < 4.78 is 0. The van der Waals surface area contributed by atoms with Gasteiger partial charge in [0.05, 0.1) is 0 Å². The van der Waals surface area contributed by atoms with Crippen LogP contribution >= 0.6 is 0 Å². The molecule has 1 rings (SSSR count). The monoisotopic (exact) mass is 126 g/mol. The summed E-state index contributed by atoms with van der Waals surface area (Å²) in [5, 5.41) is 2.69. The Kier molecular flexibility index (Phi) is 2.09. The van der Waals surface area contributed by atoms with E-state index < -0.39 is 0 Å². The van der Waals surface area contributed by atoms with Gasteiger partial charge in [-0.2, -0.15) is 0 Å². The molecule has 1 saturated carbocycles. The summed E-state index contributed by atoms with van der Waals surface area (Å²) in [7, 11) is 0. The summed E-state index contributed by atoms with van der Waals surface area (Å²) in [5.74, 6) is 0.659. The van der Waals surface area contributed by atoms with E-state index in [0.29, 0.717) is 12.0 Å². The number of carbonyl (C=O) groups excluding carboxylic acids is 1. The zero-order valence-corrected chi connectivity index (χ0v) is 5.68. The van der Waals surface area contributed by atoms with Gasteiger partial charge in [-0.05, 0) is 18.8 Å². The van der Waals surface area contributed by atoms with Gasteiger partial charge in [0, 0.05) is 6.04 Å². The quantitative estimate of drug-likeness (QED) is 0.545. The van der Waals surface area contributed by atoms with Crippen LogP contribution in [0.2, 0.25) is 0 Å². The van der Waals surface area contributed by atoms with E-state index in [4.69, 9.17) is 0 Å². The van der Waals surface area contributed by atoms with Crippen molar-refractivity contribution in [3.63, 3.8) is 0 Å². The molecule has 1 aliphatic carbocycles. The van der Waals surface area contributed by atoms with Crippen molar-refractivity contribution in [3.05, 3.63) is 0 Å². The number of rotatable bonds is 2. The van der Waals surface area contributed by atoms with Crippen molar-refractivity contribution in [3.8, 4) is 0 Å². The Hall–Kier alpha value is -0.530. The van der Waals surface area contributed by atoms with E-state index in [1.165, 1.54) is 12.8 Å². The summed E-state index contributed by atoms with van der Waals surface area (Å²) in [5.41, 5.74) is 0. The molecule has 1 amide bonds. The summed E-state index contributed by atoms with van der Waals surface area (Å²) >= 11 is 0. The zero-order chi connectivity index (χ0) is 6.69. The van der Waals surface area contributed by atoms with Gasteiger partial charge in [0.15, 0.2) is 0 Å². The fourth-order valence-corrected chi connectivity index (χ4v) is 1.44. The fraction of sp³-hybridized carbons (Fsp3) is 0.857. The molecular formula is C7H12NO. The molecule has 0 aromatic carbocycles. The molecule has 0 spiro atoms. The van der Waals surface area contributed by atoms with Crippen LogP contribution in [0.5, 0.6) is 0 Å². The standard InChI is InChI=1S/C7H12NO/c1-6-3-2-4-7(6)8-5-9/h6-7H,2-4H2,1H3,(H,8,9). The Balaban J connectivity index is 2.30. The highest BCUT2D eigenvalue weighted by Crippen LogP contribution is 2.23. The van der Waals surface area contributed by atoms with Crippen molar-refractivity contribution in [2.24, 2.45) is 5.92 Å². The molecule has 2 heteroatoms. The Morgan fingerprint density at radius 3 is 2.78 bits per heavy atom. The van der Waals surface area contributed by atoms with Crippen LogP contribution < -0.4 is 5.32 Å². The van der Waals surface area contributed by atoms with Crippen LogP contribution in [0.3, 0.4) is 0 Å². The van der Waals surface area contributed by atoms with Crippen LogP contribution in [0.15, 0.2) is 0 Å². The SMILES string of the molecule is CC1CCCC1N[C]=O. The molecule has 0 aromatic heterocycles. The van der Waals surface area contributed by atoms with Crippen LogP contribution in [0, 0.1) is 5.92 Å². The normalized spacial score (nSPS) is 34.3. The van der Waals surface area contributed by atoms with E-state index in [1.54, 1.807) is 6.41 Å². The topological polar surface area (TPSA) is 29.1 Å². The van der Waals surface area contributed by atoms with Crippen molar-refractivity contribution < 1.29 is 4.79 Å². The van der Waals surface area contributed by atoms with Gasteiger partial charge >= 0.3 is 6.41 Å². The first-order valence-electron chi connectivity index (χ1n) is 3.47. The van der Waals surface area contributed by atoms with Crippen molar-refractivity contribution in [2.75, 3.05) is 0 Å². The summed E-state index contributed by atoms with van der Waals surface area (Å²) in [6, 6.07) is 0.405. The maximum absolute atomic E-state index is 9.87.